The van der Waals surface area contributed by atoms with Gasteiger partial charge in [-0.2, -0.15) is 0 Å². The maximum Gasteiger partial charge on any atom is 0.253 e. The van der Waals surface area contributed by atoms with Crippen LogP contribution in [0, 0.1) is 0 Å². The lowest BCUT2D eigenvalue weighted by molar-refractivity contribution is -0.132. The molecule has 0 bridgehead atoms. The van der Waals surface area contributed by atoms with E-state index < -0.39 is 0 Å². The number of hydrogen-bond donors (Lipinski definition) is 0. The second-order valence-electron chi connectivity index (χ2n) is 6.13. The average molecular weight is 357 g/mol. The third kappa shape index (κ3) is 4.40. The predicted molar refractivity (Wildman–Crippen MR) is 98.7 cm³/mol. The van der Waals surface area contributed by atoms with Gasteiger partial charge in [-0.05, 0) is 30.2 Å². The van der Waals surface area contributed by atoms with Gasteiger partial charge in [0.1, 0.15) is 0 Å². The van der Waals surface area contributed by atoms with Gasteiger partial charge in [-0.3, -0.25) is 9.59 Å². The molecule has 1 fully saturated rings. The molecule has 2 amide bonds. The summed E-state index contributed by atoms with van der Waals surface area (Å²) in [6, 6.07) is 16.9. The van der Waals surface area contributed by atoms with Crippen molar-refractivity contribution in [2.75, 3.05) is 26.2 Å². The average Bonchev–Trinajstić information content (AvgIpc) is 2.67. The Labute approximate surface area is 153 Å². The summed E-state index contributed by atoms with van der Waals surface area (Å²) < 4.78 is 0. The number of aryl methyl sites for hydroxylation is 1. The molecule has 25 heavy (non-hydrogen) atoms. The first-order chi connectivity index (χ1) is 12.1. The van der Waals surface area contributed by atoms with Gasteiger partial charge in [0, 0.05) is 43.2 Å². The molecule has 2 aromatic carbocycles. The number of nitrogens with zero attached hydrogens (tertiary/aromatic N) is 2. The zero-order valence-corrected chi connectivity index (χ0v) is 14.8. The van der Waals surface area contributed by atoms with Gasteiger partial charge >= 0.3 is 0 Å². The zero-order chi connectivity index (χ0) is 17.6. The Morgan fingerprint density at radius 3 is 2.12 bits per heavy atom. The van der Waals surface area contributed by atoms with Crippen LogP contribution in [0.2, 0.25) is 5.02 Å². The lowest BCUT2D eigenvalue weighted by atomic mass is 10.1. The number of hydrogen-bond acceptors (Lipinski definition) is 2. The van der Waals surface area contributed by atoms with Gasteiger partial charge in [0.2, 0.25) is 5.91 Å². The van der Waals surface area contributed by atoms with Gasteiger partial charge in [0.05, 0.1) is 0 Å². The number of carbonyl (C=O) groups is 2. The monoisotopic (exact) mass is 356 g/mol. The molecule has 0 saturated carbocycles. The van der Waals surface area contributed by atoms with E-state index in [1.807, 2.05) is 64.4 Å². The number of benzene rings is 2. The third-order valence-corrected chi connectivity index (χ3v) is 4.88. The fourth-order valence-corrected chi connectivity index (χ4v) is 3.25. The quantitative estimate of drug-likeness (QED) is 0.843. The van der Waals surface area contributed by atoms with Gasteiger partial charge in [0.15, 0.2) is 0 Å². The normalized spacial score (nSPS) is 14.4. The Hall–Kier alpha value is -2.33. The molecule has 5 heteroatoms. The van der Waals surface area contributed by atoms with Crippen molar-refractivity contribution in [3.63, 3.8) is 0 Å². The van der Waals surface area contributed by atoms with Crippen LogP contribution >= 0.6 is 11.6 Å². The standard InChI is InChI=1S/C20H21ClN2O2/c21-18-9-5-4-6-16(18)10-11-19(24)22-12-14-23(15-13-22)20(25)17-7-2-1-3-8-17/h1-9H,10-15H2. The highest BCUT2D eigenvalue weighted by Gasteiger charge is 2.24. The van der Waals surface area contributed by atoms with Gasteiger partial charge in [-0.25, -0.2) is 0 Å². The van der Waals surface area contributed by atoms with Gasteiger partial charge in [-0.15, -0.1) is 0 Å². The van der Waals surface area contributed by atoms with Crippen LogP contribution in [0.1, 0.15) is 22.3 Å². The van der Waals surface area contributed by atoms with Crippen LogP contribution in [0.5, 0.6) is 0 Å². The second kappa shape index (κ2) is 8.17. The third-order valence-electron chi connectivity index (χ3n) is 4.51. The Kier molecular flexibility index (Phi) is 5.71. The summed E-state index contributed by atoms with van der Waals surface area (Å²) in [5.74, 6) is 0.149. The molecule has 130 valence electrons. The molecule has 1 saturated heterocycles. The first kappa shape index (κ1) is 17.5. The summed E-state index contributed by atoms with van der Waals surface area (Å²) in [6.07, 6.45) is 1.08. The molecule has 1 aliphatic heterocycles. The van der Waals surface area contributed by atoms with Crippen LogP contribution in [-0.4, -0.2) is 47.8 Å². The van der Waals surface area contributed by atoms with E-state index in [2.05, 4.69) is 0 Å². The molecule has 3 rings (SSSR count). The highest BCUT2D eigenvalue weighted by atomic mass is 35.5. The van der Waals surface area contributed by atoms with E-state index in [0.717, 1.165) is 5.56 Å². The molecule has 0 spiro atoms. The summed E-state index contributed by atoms with van der Waals surface area (Å²) in [6.45, 7) is 2.32. The molecule has 0 N–H and O–H groups in total. The van der Waals surface area contributed by atoms with Crippen molar-refractivity contribution in [1.29, 1.82) is 0 Å². The van der Waals surface area contributed by atoms with Crippen molar-refractivity contribution in [3.05, 3.63) is 70.7 Å². The molecular formula is C20H21ClN2O2. The number of piperazine rings is 1. The minimum Gasteiger partial charge on any atom is -0.339 e. The van der Waals surface area contributed by atoms with Crippen LogP contribution in [-0.2, 0) is 11.2 Å². The van der Waals surface area contributed by atoms with Crippen molar-refractivity contribution in [2.45, 2.75) is 12.8 Å². The highest BCUT2D eigenvalue weighted by molar-refractivity contribution is 6.31. The zero-order valence-electron chi connectivity index (χ0n) is 14.0. The summed E-state index contributed by atoms with van der Waals surface area (Å²) in [5.41, 5.74) is 1.69. The van der Waals surface area contributed by atoms with E-state index in [-0.39, 0.29) is 11.8 Å². The summed E-state index contributed by atoms with van der Waals surface area (Å²) >= 11 is 6.14. The van der Waals surface area contributed by atoms with Crippen molar-refractivity contribution >= 4 is 23.4 Å². The first-order valence-corrected chi connectivity index (χ1v) is 8.88. The Morgan fingerprint density at radius 2 is 1.44 bits per heavy atom. The molecule has 2 aromatic rings. The van der Waals surface area contributed by atoms with Gasteiger partial charge in [0.25, 0.3) is 5.91 Å². The smallest absolute Gasteiger partial charge is 0.253 e. The van der Waals surface area contributed by atoms with E-state index >= 15 is 0 Å². The molecule has 0 atom stereocenters. The first-order valence-electron chi connectivity index (χ1n) is 8.50. The van der Waals surface area contributed by atoms with E-state index in [1.165, 1.54) is 0 Å². The van der Waals surface area contributed by atoms with Gasteiger partial charge < -0.3 is 9.80 Å². The van der Waals surface area contributed by atoms with Crippen LogP contribution in [0.3, 0.4) is 0 Å². The second-order valence-corrected chi connectivity index (χ2v) is 6.54. The minimum absolute atomic E-state index is 0.0313. The molecule has 0 aromatic heterocycles. The maximum absolute atomic E-state index is 12.4. The van der Waals surface area contributed by atoms with Crippen molar-refractivity contribution in [1.82, 2.24) is 9.80 Å². The summed E-state index contributed by atoms with van der Waals surface area (Å²) in [4.78, 5) is 28.5. The molecule has 1 heterocycles. The Bertz CT molecular complexity index is 740. The number of amides is 2. The molecule has 0 unspecified atom stereocenters. The van der Waals surface area contributed by atoms with Crippen LogP contribution in [0.4, 0.5) is 0 Å². The molecule has 4 nitrogen and oxygen atoms in total. The Balaban J connectivity index is 1.49. The number of carbonyl (C=O) groups excluding carboxylic acids is 2. The largest absolute Gasteiger partial charge is 0.339 e. The lowest BCUT2D eigenvalue weighted by Gasteiger charge is -2.35. The van der Waals surface area contributed by atoms with Crippen LogP contribution < -0.4 is 0 Å². The lowest BCUT2D eigenvalue weighted by Crippen LogP contribution is -2.50. The van der Waals surface area contributed by atoms with Crippen molar-refractivity contribution in [2.24, 2.45) is 0 Å². The maximum atomic E-state index is 12.4. The molecular weight excluding hydrogens is 336 g/mol. The van der Waals surface area contributed by atoms with E-state index in [9.17, 15) is 9.59 Å². The topological polar surface area (TPSA) is 40.6 Å². The van der Waals surface area contributed by atoms with Crippen molar-refractivity contribution in [3.8, 4) is 0 Å². The Morgan fingerprint density at radius 1 is 0.840 bits per heavy atom. The minimum atomic E-state index is 0.0313. The van der Waals surface area contributed by atoms with Gasteiger partial charge in [-0.1, -0.05) is 48.0 Å². The summed E-state index contributed by atoms with van der Waals surface area (Å²) in [7, 11) is 0. The SMILES string of the molecule is O=C(CCc1ccccc1Cl)N1CCN(C(=O)c2ccccc2)CC1. The van der Waals surface area contributed by atoms with E-state index in [0.29, 0.717) is 49.6 Å². The molecule has 0 radical (unpaired) electrons. The summed E-state index contributed by atoms with van der Waals surface area (Å²) in [5, 5.41) is 0.702. The van der Waals surface area contributed by atoms with E-state index in [4.69, 9.17) is 11.6 Å². The molecule has 1 aliphatic rings. The van der Waals surface area contributed by atoms with E-state index in [1.54, 1.807) is 0 Å². The van der Waals surface area contributed by atoms with Crippen molar-refractivity contribution < 1.29 is 9.59 Å². The fraction of sp³-hybridized carbons (Fsp3) is 0.300. The number of halogens is 1. The predicted octanol–water partition coefficient (Wildman–Crippen LogP) is 3.26. The number of rotatable bonds is 4. The molecule has 0 aliphatic carbocycles. The van der Waals surface area contributed by atoms with Crippen LogP contribution in [0.15, 0.2) is 54.6 Å². The fourth-order valence-electron chi connectivity index (χ4n) is 3.02. The highest BCUT2D eigenvalue weighted by Crippen LogP contribution is 2.17. The van der Waals surface area contributed by atoms with Crippen LogP contribution in [0.25, 0.3) is 0 Å².